The predicted octanol–water partition coefficient (Wildman–Crippen LogP) is 4.00. The van der Waals surface area contributed by atoms with E-state index in [1.165, 1.54) is 24.3 Å². The summed E-state index contributed by atoms with van der Waals surface area (Å²) in [6.45, 7) is 1.26. The van der Waals surface area contributed by atoms with Crippen molar-refractivity contribution in [3.8, 4) is 5.69 Å². The molecule has 0 saturated carbocycles. The smallest absolute Gasteiger partial charge is 0.416 e. The van der Waals surface area contributed by atoms with Gasteiger partial charge in [0.1, 0.15) is 0 Å². The van der Waals surface area contributed by atoms with Crippen molar-refractivity contribution in [3.05, 3.63) is 77.6 Å². The Hall–Kier alpha value is -3.62. The van der Waals surface area contributed by atoms with Crippen LogP contribution < -0.4 is 5.32 Å². The topological polar surface area (TPSA) is 73.2 Å². The molecule has 150 valence electrons. The van der Waals surface area contributed by atoms with Crippen LogP contribution in [-0.4, -0.2) is 28.3 Å². The fourth-order valence-electron chi connectivity index (χ4n) is 2.56. The lowest BCUT2D eigenvalue weighted by molar-refractivity contribution is -0.137. The van der Waals surface area contributed by atoms with Crippen LogP contribution in [0.5, 0.6) is 0 Å². The first kappa shape index (κ1) is 20.1. The molecule has 1 N–H and O–H groups in total. The summed E-state index contributed by atoms with van der Waals surface area (Å²) in [6.07, 6.45) is -2.87. The van der Waals surface area contributed by atoms with Crippen LogP contribution in [0.4, 0.5) is 18.9 Å². The minimum absolute atomic E-state index is 0.0418. The highest BCUT2D eigenvalue weighted by molar-refractivity contribution is 5.95. The highest BCUT2D eigenvalue weighted by Gasteiger charge is 2.30. The maximum absolute atomic E-state index is 12.7. The van der Waals surface area contributed by atoms with Crippen molar-refractivity contribution < 1.29 is 27.5 Å². The van der Waals surface area contributed by atoms with Crippen molar-refractivity contribution in [1.82, 2.24) is 9.78 Å². The maximum atomic E-state index is 12.7. The number of amides is 1. The summed E-state index contributed by atoms with van der Waals surface area (Å²) in [6, 6.07) is 12.4. The molecule has 0 bridgehead atoms. The molecule has 0 aliphatic heterocycles. The Balaban J connectivity index is 1.56. The van der Waals surface area contributed by atoms with E-state index in [1.54, 1.807) is 23.0 Å². The van der Waals surface area contributed by atoms with Crippen LogP contribution in [0.25, 0.3) is 5.69 Å². The van der Waals surface area contributed by atoms with Gasteiger partial charge in [0.05, 0.1) is 16.8 Å². The molecule has 2 aromatic carbocycles. The number of aryl methyl sites for hydroxylation is 1. The minimum atomic E-state index is -4.52. The van der Waals surface area contributed by atoms with Gasteiger partial charge in [-0.25, -0.2) is 9.48 Å². The van der Waals surface area contributed by atoms with Gasteiger partial charge in [0, 0.05) is 17.6 Å². The van der Waals surface area contributed by atoms with E-state index in [1.807, 2.05) is 13.0 Å². The van der Waals surface area contributed by atoms with Crippen LogP contribution in [0.15, 0.2) is 60.8 Å². The second-order valence-corrected chi connectivity index (χ2v) is 6.13. The summed E-state index contributed by atoms with van der Waals surface area (Å²) in [5, 5.41) is 6.43. The molecular formula is C20H16F3N3O3. The highest BCUT2D eigenvalue weighted by atomic mass is 19.4. The van der Waals surface area contributed by atoms with Gasteiger partial charge in [-0.05, 0) is 55.5 Å². The van der Waals surface area contributed by atoms with E-state index in [4.69, 9.17) is 4.74 Å². The largest absolute Gasteiger partial charge is 0.452 e. The molecule has 0 spiro atoms. The molecule has 3 rings (SSSR count). The fraction of sp³-hybridized carbons (Fsp3) is 0.150. The number of nitrogens with zero attached hydrogens (tertiary/aromatic N) is 2. The molecule has 1 aromatic heterocycles. The second kappa shape index (κ2) is 8.17. The third-order valence-electron chi connectivity index (χ3n) is 3.99. The monoisotopic (exact) mass is 403 g/mol. The molecule has 1 heterocycles. The van der Waals surface area contributed by atoms with E-state index >= 15 is 0 Å². The number of hydrogen-bond acceptors (Lipinski definition) is 4. The van der Waals surface area contributed by atoms with Crippen molar-refractivity contribution in [1.29, 1.82) is 0 Å². The molecule has 0 saturated heterocycles. The van der Waals surface area contributed by atoms with Crippen LogP contribution in [0.3, 0.4) is 0 Å². The molecule has 0 aliphatic carbocycles. The number of aromatic nitrogens is 2. The molecule has 9 heteroatoms. The lowest BCUT2D eigenvalue weighted by Crippen LogP contribution is -2.21. The van der Waals surface area contributed by atoms with Crippen LogP contribution in [0, 0.1) is 6.92 Å². The molecule has 1 amide bonds. The predicted molar refractivity (Wildman–Crippen MR) is 98.7 cm³/mol. The number of esters is 1. The fourth-order valence-corrected chi connectivity index (χ4v) is 2.56. The highest BCUT2D eigenvalue weighted by Crippen LogP contribution is 2.30. The van der Waals surface area contributed by atoms with E-state index < -0.39 is 30.2 Å². The maximum Gasteiger partial charge on any atom is 0.416 e. The summed E-state index contributed by atoms with van der Waals surface area (Å²) < 4.78 is 44.7. The van der Waals surface area contributed by atoms with Gasteiger partial charge in [-0.1, -0.05) is 6.07 Å². The Kier molecular flexibility index (Phi) is 5.67. The summed E-state index contributed by atoms with van der Waals surface area (Å²) >= 11 is 0. The number of carbonyl (C=O) groups is 2. The molecule has 6 nitrogen and oxygen atoms in total. The Morgan fingerprint density at radius 2 is 1.83 bits per heavy atom. The number of alkyl halides is 3. The zero-order valence-electron chi connectivity index (χ0n) is 15.2. The Labute approximate surface area is 163 Å². The summed E-state index contributed by atoms with van der Waals surface area (Å²) in [5.41, 5.74) is 0.975. The molecule has 0 atom stereocenters. The van der Waals surface area contributed by atoms with E-state index in [0.29, 0.717) is 0 Å². The molecule has 0 unspecified atom stereocenters. The van der Waals surface area contributed by atoms with Crippen molar-refractivity contribution in [2.75, 3.05) is 11.9 Å². The lowest BCUT2D eigenvalue weighted by atomic mass is 10.2. The average molecular weight is 403 g/mol. The van der Waals surface area contributed by atoms with Gasteiger partial charge in [0.25, 0.3) is 5.91 Å². The Morgan fingerprint density at radius 1 is 1.10 bits per heavy atom. The van der Waals surface area contributed by atoms with E-state index in [9.17, 15) is 22.8 Å². The van der Waals surface area contributed by atoms with Gasteiger partial charge in [-0.2, -0.15) is 18.3 Å². The number of hydrogen-bond donors (Lipinski definition) is 1. The Morgan fingerprint density at radius 3 is 2.45 bits per heavy atom. The van der Waals surface area contributed by atoms with Crippen LogP contribution in [-0.2, 0) is 15.7 Å². The van der Waals surface area contributed by atoms with Gasteiger partial charge in [-0.15, -0.1) is 0 Å². The van der Waals surface area contributed by atoms with Gasteiger partial charge in [0.15, 0.2) is 6.61 Å². The number of nitrogens with one attached hydrogen (secondary N) is 1. The van der Waals surface area contributed by atoms with Crippen molar-refractivity contribution >= 4 is 17.6 Å². The SMILES string of the molecule is Cc1ccnn1-c1ccc(C(=O)OCC(=O)Nc2cccc(C(F)(F)F)c2)cc1. The first-order valence-electron chi connectivity index (χ1n) is 8.49. The molecule has 29 heavy (non-hydrogen) atoms. The van der Waals surface area contributed by atoms with Crippen molar-refractivity contribution in [2.45, 2.75) is 13.1 Å². The minimum Gasteiger partial charge on any atom is -0.452 e. The van der Waals surface area contributed by atoms with Gasteiger partial charge in [-0.3, -0.25) is 4.79 Å². The van der Waals surface area contributed by atoms with Crippen LogP contribution >= 0.6 is 0 Å². The molecular weight excluding hydrogens is 387 g/mol. The Bertz CT molecular complexity index is 1030. The number of ether oxygens (including phenoxy) is 1. The number of carbonyl (C=O) groups excluding carboxylic acids is 2. The molecule has 0 aliphatic rings. The quantitative estimate of drug-likeness (QED) is 0.654. The van der Waals surface area contributed by atoms with E-state index in [0.717, 1.165) is 23.5 Å². The van der Waals surface area contributed by atoms with Crippen LogP contribution in [0.2, 0.25) is 0 Å². The third kappa shape index (κ3) is 5.01. The van der Waals surface area contributed by atoms with E-state index in [2.05, 4.69) is 10.4 Å². The average Bonchev–Trinajstić information content (AvgIpc) is 3.12. The standard InChI is InChI=1S/C20H16F3N3O3/c1-13-9-10-24-26(13)17-7-5-14(6-8-17)19(28)29-12-18(27)25-16-4-2-3-15(11-16)20(21,22)23/h2-11H,12H2,1H3,(H,25,27). The second-order valence-electron chi connectivity index (χ2n) is 6.13. The summed E-state index contributed by atoms with van der Waals surface area (Å²) in [7, 11) is 0. The molecule has 0 fully saturated rings. The number of halogens is 3. The first-order chi connectivity index (χ1) is 13.7. The van der Waals surface area contributed by atoms with Gasteiger partial charge in [0.2, 0.25) is 0 Å². The lowest BCUT2D eigenvalue weighted by Gasteiger charge is -2.10. The van der Waals surface area contributed by atoms with Gasteiger partial charge >= 0.3 is 12.1 Å². The van der Waals surface area contributed by atoms with Crippen molar-refractivity contribution in [2.24, 2.45) is 0 Å². The first-order valence-corrected chi connectivity index (χ1v) is 8.49. The number of rotatable bonds is 5. The molecule has 0 radical (unpaired) electrons. The number of benzene rings is 2. The summed E-state index contributed by atoms with van der Waals surface area (Å²) in [4.78, 5) is 24.0. The van der Waals surface area contributed by atoms with E-state index in [-0.39, 0.29) is 11.3 Å². The number of anilines is 1. The zero-order valence-corrected chi connectivity index (χ0v) is 15.2. The zero-order chi connectivity index (χ0) is 21.0. The summed E-state index contributed by atoms with van der Waals surface area (Å²) in [5.74, 6) is -1.48. The molecule has 3 aromatic rings. The van der Waals surface area contributed by atoms with Crippen molar-refractivity contribution in [3.63, 3.8) is 0 Å². The van der Waals surface area contributed by atoms with Crippen LogP contribution in [0.1, 0.15) is 21.6 Å². The normalized spacial score (nSPS) is 11.2. The van der Waals surface area contributed by atoms with Gasteiger partial charge < -0.3 is 10.1 Å². The third-order valence-corrected chi connectivity index (χ3v) is 3.99.